The number of likely N-dealkylation sites (tertiary alicyclic amines) is 1. The number of benzene rings is 1. The maximum atomic E-state index is 12.8. The molecule has 4 rings (SSSR count). The number of aromatic nitrogens is 3. The highest BCUT2D eigenvalue weighted by molar-refractivity contribution is 5.78. The Morgan fingerprint density at radius 3 is 2.96 bits per heavy atom. The highest BCUT2D eigenvalue weighted by Crippen LogP contribution is 2.30. The van der Waals surface area contributed by atoms with E-state index in [1.807, 2.05) is 16.6 Å². The number of rotatable bonds is 4. The van der Waals surface area contributed by atoms with E-state index in [1.54, 1.807) is 6.20 Å². The Morgan fingerprint density at radius 1 is 1.35 bits per heavy atom. The van der Waals surface area contributed by atoms with Crippen molar-refractivity contribution in [1.29, 1.82) is 0 Å². The summed E-state index contributed by atoms with van der Waals surface area (Å²) in [5, 5.41) is 8.18. The van der Waals surface area contributed by atoms with Crippen molar-refractivity contribution in [2.24, 2.45) is 0 Å². The van der Waals surface area contributed by atoms with E-state index in [0.717, 1.165) is 25.2 Å². The molecule has 2 aliphatic rings. The topological polar surface area (TPSA) is 63.5 Å². The van der Waals surface area contributed by atoms with E-state index in [4.69, 9.17) is 4.74 Å². The maximum Gasteiger partial charge on any atom is 0.236 e. The van der Waals surface area contributed by atoms with Gasteiger partial charge in [0.1, 0.15) is 0 Å². The van der Waals surface area contributed by atoms with E-state index in [9.17, 15) is 4.79 Å². The summed E-state index contributed by atoms with van der Waals surface area (Å²) in [4.78, 5) is 16.8. The number of aryl methyl sites for hydroxylation is 1. The smallest absolute Gasteiger partial charge is 0.236 e. The van der Waals surface area contributed by atoms with E-state index in [-0.39, 0.29) is 18.1 Å². The Balaban J connectivity index is 1.36. The van der Waals surface area contributed by atoms with Crippen molar-refractivity contribution in [1.82, 2.24) is 24.8 Å². The number of nitrogens with zero attached hydrogens (tertiary/aromatic N) is 5. The van der Waals surface area contributed by atoms with Crippen molar-refractivity contribution < 1.29 is 9.53 Å². The van der Waals surface area contributed by atoms with Gasteiger partial charge in [-0.15, -0.1) is 5.10 Å². The van der Waals surface area contributed by atoms with E-state index >= 15 is 0 Å². The van der Waals surface area contributed by atoms with Crippen LogP contribution >= 0.6 is 0 Å². The van der Waals surface area contributed by atoms with Gasteiger partial charge in [0.15, 0.2) is 0 Å². The summed E-state index contributed by atoms with van der Waals surface area (Å²) in [6, 6.07) is 8.52. The Kier molecular flexibility index (Phi) is 4.74. The van der Waals surface area contributed by atoms with Gasteiger partial charge in [0, 0.05) is 19.6 Å². The fourth-order valence-corrected chi connectivity index (χ4v) is 3.80. The number of likely N-dealkylation sites (N-methyl/N-ethyl adjacent to an activating group) is 1. The van der Waals surface area contributed by atoms with Crippen molar-refractivity contribution in [2.45, 2.75) is 38.6 Å². The molecule has 1 amide bonds. The molecule has 0 N–H and O–H groups in total. The number of amides is 1. The highest BCUT2D eigenvalue weighted by Gasteiger charge is 2.37. The SMILES string of the molecule is Cc1ccc(CN(C)CC(=O)N2CCC3OCc4cnnn4C3C2)cc1. The summed E-state index contributed by atoms with van der Waals surface area (Å²) in [5.41, 5.74) is 3.45. The number of piperidine rings is 1. The molecule has 138 valence electrons. The van der Waals surface area contributed by atoms with Gasteiger partial charge in [-0.05, 0) is 26.0 Å². The maximum absolute atomic E-state index is 12.8. The average molecular weight is 355 g/mol. The summed E-state index contributed by atoms with van der Waals surface area (Å²) in [5.74, 6) is 0.158. The van der Waals surface area contributed by atoms with Gasteiger partial charge in [-0.25, -0.2) is 4.68 Å². The number of carbonyl (C=O) groups is 1. The minimum absolute atomic E-state index is 0.0707. The van der Waals surface area contributed by atoms with Crippen molar-refractivity contribution in [3.05, 3.63) is 47.3 Å². The van der Waals surface area contributed by atoms with Gasteiger partial charge in [-0.2, -0.15) is 0 Å². The van der Waals surface area contributed by atoms with Gasteiger partial charge in [0.25, 0.3) is 0 Å². The Hall–Kier alpha value is -2.25. The molecule has 0 radical (unpaired) electrons. The zero-order valence-corrected chi connectivity index (χ0v) is 15.3. The molecule has 1 fully saturated rings. The van der Waals surface area contributed by atoms with E-state index in [1.165, 1.54) is 11.1 Å². The molecule has 1 aromatic carbocycles. The van der Waals surface area contributed by atoms with Crippen LogP contribution in [0, 0.1) is 6.92 Å². The molecule has 7 nitrogen and oxygen atoms in total. The fraction of sp³-hybridized carbons (Fsp3) is 0.526. The Labute approximate surface area is 153 Å². The third-order valence-electron chi connectivity index (χ3n) is 5.26. The Bertz CT molecular complexity index is 772. The number of fused-ring (bicyclic) bond motifs is 3. The van der Waals surface area contributed by atoms with Gasteiger partial charge in [-0.3, -0.25) is 9.69 Å². The molecule has 26 heavy (non-hydrogen) atoms. The fourth-order valence-electron chi connectivity index (χ4n) is 3.80. The molecule has 0 bridgehead atoms. The number of hydrogen-bond donors (Lipinski definition) is 0. The van der Waals surface area contributed by atoms with Crippen LogP contribution in [0.3, 0.4) is 0 Å². The molecule has 7 heteroatoms. The minimum Gasteiger partial charge on any atom is -0.370 e. The van der Waals surface area contributed by atoms with Gasteiger partial charge >= 0.3 is 0 Å². The molecule has 0 saturated carbocycles. The summed E-state index contributed by atoms with van der Waals surface area (Å²) in [7, 11) is 1.99. The van der Waals surface area contributed by atoms with Crippen molar-refractivity contribution in [3.63, 3.8) is 0 Å². The van der Waals surface area contributed by atoms with Crippen LogP contribution in [-0.2, 0) is 22.7 Å². The minimum atomic E-state index is 0.0707. The Morgan fingerprint density at radius 2 is 2.15 bits per heavy atom. The van der Waals surface area contributed by atoms with E-state index < -0.39 is 0 Å². The number of hydrogen-bond acceptors (Lipinski definition) is 5. The van der Waals surface area contributed by atoms with Crippen LogP contribution in [-0.4, -0.2) is 63.5 Å². The molecule has 2 aromatic rings. The first kappa shape index (κ1) is 17.2. The van der Waals surface area contributed by atoms with E-state index in [2.05, 4.69) is 46.4 Å². The second kappa shape index (κ2) is 7.17. The third kappa shape index (κ3) is 3.50. The van der Waals surface area contributed by atoms with Crippen LogP contribution in [0.4, 0.5) is 0 Å². The largest absolute Gasteiger partial charge is 0.370 e. The van der Waals surface area contributed by atoms with Gasteiger partial charge < -0.3 is 9.64 Å². The monoisotopic (exact) mass is 355 g/mol. The van der Waals surface area contributed by atoms with Gasteiger partial charge in [-0.1, -0.05) is 35.0 Å². The van der Waals surface area contributed by atoms with Crippen LogP contribution in [0.5, 0.6) is 0 Å². The summed E-state index contributed by atoms with van der Waals surface area (Å²) < 4.78 is 7.85. The van der Waals surface area contributed by atoms with E-state index in [0.29, 0.717) is 19.7 Å². The molecule has 1 saturated heterocycles. The van der Waals surface area contributed by atoms with Crippen LogP contribution in [0.1, 0.15) is 29.3 Å². The summed E-state index contributed by atoms with van der Waals surface area (Å²) in [6.07, 6.45) is 2.71. The lowest BCUT2D eigenvalue weighted by molar-refractivity contribution is -0.139. The molecule has 1 aromatic heterocycles. The van der Waals surface area contributed by atoms with Crippen molar-refractivity contribution in [3.8, 4) is 0 Å². The number of carbonyl (C=O) groups excluding carboxylic acids is 1. The molecule has 0 spiro atoms. The quantitative estimate of drug-likeness (QED) is 0.829. The van der Waals surface area contributed by atoms with Crippen LogP contribution in [0.15, 0.2) is 30.5 Å². The first-order chi connectivity index (χ1) is 12.6. The lowest BCUT2D eigenvalue weighted by atomic mass is 10.0. The molecule has 2 unspecified atom stereocenters. The molecule has 2 atom stereocenters. The molecule has 2 aliphatic heterocycles. The van der Waals surface area contributed by atoms with Gasteiger partial charge in [0.05, 0.1) is 37.2 Å². The lowest BCUT2D eigenvalue weighted by Gasteiger charge is -2.41. The second-order valence-electron chi connectivity index (χ2n) is 7.37. The first-order valence-electron chi connectivity index (χ1n) is 9.12. The molecular weight excluding hydrogens is 330 g/mol. The molecule has 3 heterocycles. The molecular formula is C19H25N5O2. The van der Waals surface area contributed by atoms with Crippen LogP contribution < -0.4 is 0 Å². The van der Waals surface area contributed by atoms with Crippen molar-refractivity contribution >= 4 is 5.91 Å². The zero-order chi connectivity index (χ0) is 18.1. The summed E-state index contributed by atoms with van der Waals surface area (Å²) >= 11 is 0. The third-order valence-corrected chi connectivity index (χ3v) is 5.26. The van der Waals surface area contributed by atoms with Crippen LogP contribution in [0.25, 0.3) is 0 Å². The lowest BCUT2D eigenvalue weighted by Crippen LogP contribution is -2.51. The summed E-state index contributed by atoms with van der Waals surface area (Å²) in [6.45, 7) is 5.19. The normalized spacial score (nSPS) is 22.2. The first-order valence-corrected chi connectivity index (χ1v) is 9.12. The predicted molar refractivity (Wildman–Crippen MR) is 96.3 cm³/mol. The predicted octanol–water partition coefficient (Wildman–Crippen LogP) is 1.39. The average Bonchev–Trinajstić information content (AvgIpc) is 3.12. The van der Waals surface area contributed by atoms with Crippen molar-refractivity contribution in [2.75, 3.05) is 26.7 Å². The zero-order valence-electron chi connectivity index (χ0n) is 15.3. The standard InChI is InChI=1S/C19H25N5O2/c1-14-3-5-15(6-4-14)10-22(2)12-19(25)23-8-7-18-17(11-23)24-16(13-26-18)9-20-21-24/h3-6,9,17-18H,7-8,10-13H2,1-2H3. The number of ether oxygens (including phenoxy) is 1. The second-order valence-corrected chi connectivity index (χ2v) is 7.37. The molecule has 0 aliphatic carbocycles. The van der Waals surface area contributed by atoms with Crippen LogP contribution in [0.2, 0.25) is 0 Å². The highest BCUT2D eigenvalue weighted by atomic mass is 16.5. The van der Waals surface area contributed by atoms with Gasteiger partial charge in [0.2, 0.25) is 5.91 Å².